The van der Waals surface area contributed by atoms with E-state index >= 15 is 0 Å². The maximum atomic E-state index is 6.07. The molecule has 2 rings (SSSR count). The fraction of sp³-hybridized carbons (Fsp3) is 0.118. The second kappa shape index (κ2) is 6.55. The van der Waals surface area contributed by atoms with E-state index < -0.39 is 0 Å². The molecule has 0 saturated carbocycles. The fourth-order valence-corrected chi connectivity index (χ4v) is 1.83. The third kappa shape index (κ3) is 3.55. The number of aliphatic imine (C=N–C) groups is 1. The van der Waals surface area contributed by atoms with Crippen molar-refractivity contribution >= 4 is 11.5 Å². The molecule has 0 aliphatic heterocycles. The van der Waals surface area contributed by atoms with E-state index in [4.69, 9.17) is 5.73 Å². The molecule has 0 aromatic heterocycles. The molecule has 2 nitrogen and oxygen atoms in total. The van der Waals surface area contributed by atoms with Gasteiger partial charge in [-0.2, -0.15) is 0 Å². The molecule has 0 heterocycles. The largest absolute Gasteiger partial charge is 0.383 e. The van der Waals surface area contributed by atoms with Gasteiger partial charge < -0.3 is 5.73 Å². The van der Waals surface area contributed by atoms with Crippen LogP contribution in [0.5, 0.6) is 0 Å². The lowest BCUT2D eigenvalue weighted by molar-refractivity contribution is 1.21. The van der Waals surface area contributed by atoms with Crippen LogP contribution in [-0.4, -0.2) is 5.84 Å². The van der Waals surface area contributed by atoms with Crippen molar-refractivity contribution in [3.8, 4) is 0 Å². The highest BCUT2D eigenvalue weighted by Gasteiger charge is 2.02. The SMILES string of the molecule is CCC=C(N=C(N)c1ccccc1)c1ccccc1. The molecule has 0 aliphatic rings. The zero-order chi connectivity index (χ0) is 13.5. The molecule has 0 radical (unpaired) electrons. The van der Waals surface area contributed by atoms with Gasteiger partial charge in [0.1, 0.15) is 5.84 Å². The van der Waals surface area contributed by atoms with Gasteiger partial charge in [0, 0.05) is 5.56 Å². The van der Waals surface area contributed by atoms with Crippen molar-refractivity contribution in [3.05, 3.63) is 77.9 Å². The predicted molar refractivity (Wildman–Crippen MR) is 81.9 cm³/mol. The molecule has 0 bridgehead atoms. The van der Waals surface area contributed by atoms with Gasteiger partial charge in [0.2, 0.25) is 0 Å². The van der Waals surface area contributed by atoms with Crippen LogP contribution in [0.4, 0.5) is 0 Å². The van der Waals surface area contributed by atoms with E-state index in [0.29, 0.717) is 5.84 Å². The second-order valence-corrected chi connectivity index (χ2v) is 4.23. The van der Waals surface area contributed by atoms with Crippen LogP contribution in [0.25, 0.3) is 5.70 Å². The summed E-state index contributed by atoms with van der Waals surface area (Å²) in [4.78, 5) is 4.56. The Hall–Kier alpha value is -2.35. The van der Waals surface area contributed by atoms with E-state index in [1.165, 1.54) is 0 Å². The van der Waals surface area contributed by atoms with Crippen molar-refractivity contribution in [1.82, 2.24) is 0 Å². The zero-order valence-corrected chi connectivity index (χ0v) is 11.1. The summed E-state index contributed by atoms with van der Waals surface area (Å²) < 4.78 is 0. The molecule has 2 N–H and O–H groups in total. The highest BCUT2D eigenvalue weighted by molar-refractivity contribution is 6.00. The first-order valence-corrected chi connectivity index (χ1v) is 6.46. The minimum Gasteiger partial charge on any atom is -0.383 e. The standard InChI is InChI=1S/C17H18N2/c1-2-9-16(14-10-5-3-6-11-14)19-17(18)15-12-7-4-8-13-15/h3-13H,2H2,1H3,(H2,18,19). The number of benzene rings is 2. The molecular weight excluding hydrogens is 232 g/mol. The van der Waals surface area contributed by atoms with Gasteiger partial charge in [-0.15, -0.1) is 0 Å². The number of nitrogens with zero attached hydrogens (tertiary/aromatic N) is 1. The first kappa shape index (κ1) is 13.1. The summed E-state index contributed by atoms with van der Waals surface area (Å²) >= 11 is 0. The molecule has 96 valence electrons. The number of rotatable bonds is 4. The maximum absolute atomic E-state index is 6.07. The lowest BCUT2D eigenvalue weighted by atomic mass is 10.1. The minimum atomic E-state index is 0.546. The van der Waals surface area contributed by atoms with E-state index in [-0.39, 0.29) is 0 Å². The fourth-order valence-electron chi connectivity index (χ4n) is 1.83. The van der Waals surface area contributed by atoms with Crippen LogP contribution in [-0.2, 0) is 0 Å². The first-order valence-electron chi connectivity index (χ1n) is 6.46. The van der Waals surface area contributed by atoms with Crippen molar-refractivity contribution in [2.45, 2.75) is 13.3 Å². The molecule has 2 aromatic carbocycles. The molecule has 0 spiro atoms. The highest BCUT2D eigenvalue weighted by atomic mass is 14.9. The number of nitrogens with two attached hydrogens (primary N) is 1. The maximum Gasteiger partial charge on any atom is 0.131 e. The highest BCUT2D eigenvalue weighted by Crippen LogP contribution is 2.17. The van der Waals surface area contributed by atoms with Gasteiger partial charge in [0.15, 0.2) is 0 Å². The lowest BCUT2D eigenvalue weighted by Crippen LogP contribution is -2.13. The topological polar surface area (TPSA) is 38.4 Å². The Balaban J connectivity index is 2.35. The van der Waals surface area contributed by atoms with Crippen molar-refractivity contribution < 1.29 is 0 Å². The average molecular weight is 250 g/mol. The van der Waals surface area contributed by atoms with E-state index in [0.717, 1.165) is 23.2 Å². The smallest absolute Gasteiger partial charge is 0.131 e. The Kier molecular flexibility index (Phi) is 4.51. The van der Waals surface area contributed by atoms with Gasteiger partial charge in [-0.1, -0.05) is 73.7 Å². The Morgan fingerprint density at radius 3 is 2.00 bits per heavy atom. The number of hydrogen-bond acceptors (Lipinski definition) is 1. The third-order valence-electron chi connectivity index (χ3n) is 2.78. The number of allylic oxidation sites excluding steroid dienone is 1. The van der Waals surface area contributed by atoms with Crippen LogP contribution in [0.2, 0.25) is 0 Å². The molecule has 0 atom stereocenters. The van der Waals surface area contributed by atoms with Crippen molar-refractivity contribution in [2.75, 3.05) is 0 Å². The van der Waals surface area contributed by atoms with Crippen molar-refractivity contribution in [3.63, 3.8) is 0 Å². The van der Waals surface area contributed by atoms with Gasteiger partial charge in [-0.25, -0.2) is 4.99 Å². The molecule has 0 unspecified atom stereocenters. The van der Waals surface area contributed by atoms with Crippen LogP contribution >= 0.6 is 0 Å². The quantitative estimate of drug-likeness (QED) is 0.649. The summed E-state index contributed by atoms with van der Waals surface area (Å²) in [6, 6.07) is 19.9. The van der Waals surface area contributed by atoms with Gasteiger partial charge in [0.05, 0.1) is 5.70 Å². The zero-order valence-electron chi connectivity index (χ0n) is 11.1. The van der Waals surface area contributed by atoms with E-state index in [9.17, 15) is 0 Å². The number of hydrogen-bond donors (Lipinski definition) is 1. The van der Waals surface area contributed by atoms with Crippen molar-refractivity contribution in [2.24, 2.45) is 10.7 Å². The Morgan fingerprint density at radius 2 is 1.47 bits per heavy atom. The minimum absolute atomic E-state index is 0.546. The summed E-state index contributed by atoms with van der Waals surface area (Å²) in [5, 5.41) is 0. The Morgan fingerprint density at radius 1 is 0.947 bits per heavy atom. The summed E-state index contributed by atoms with van der Waals surface area (Å²) in [7, 11) is 0. The predicted octanol–water partition coefficient (Wildman–Crippen LogP) is 3.84. The summed E-state index contributed by atoms with van der Waals surface area (Å²) in [6.07, 6.45) is 3.01. The van der Waals surface area contributed by atoms with E-state index in [1.807, 2.05) is 60.7 Å². The van der Waals surface area contributed by atoms with Gasteiger partial charge in [-0.3, -0.25) is 0 Å². The molecule has 2 heteroatoms. The lowest BCUT2D eigenvalue weighted by Gasteiger charge is -2.05. The molecule has 2 aromatic rings. The molecule has 0 amide bonds. The third-order valence-corrected chi connectivity index (χ3v) is 2.78. The van der Waals surface area contributed by atoms with Crippen LogP contribution in [0, 0.1) is 0 Å². The van der Waals surface area contributed by atoms with Gasteiger partial charge >= 0.3 is 0 Å². The van der Waals surface area contributed by atoms with Crippen LogP contribution in [0.3, 0.4) is 0 Å². The van der Waals surface area contributed by atoms with Gasteiger partial charge in [0.25, 0.3) is 0 Å². The Bertz CT molecular complexity index is 569. The molecule has 0 saturated heterocycles. The Labute approximate surface area is 114 Å². The first-order chi connectivity index (χ1) is 9.31. The number of amidine groups is 1. The van der Waals surface area contributed by atoms with Crippen LogP contribution in [0.15, 0.2) is 71.7 Å². The summed E-state index contributed by atoms with van der Waals surface area (Å²) in [6.45, 7) is 2.09. The molecule has 0 aliphatic carbocycles. The average Bonchev–Trinajstić information content (AvgIpc) is 2.48. The molecular formula is C17H18N2. The van der Waals surface area contributed by atoms with E-state index in [1.54, 1.807) is 0 Å². The van der Waals surface area contributed by atoms with Gasteiger partial charge in [-0.05, 0) is 12.0 Å². The summed E-state index contributed by atoms with van der Waals surface area (Å²) in [5.41, 5.74) is 9.02. The van der Waals surface area contributed by atoms with Crippen LogP contribution < -0.4 is 5.73 Å². The molecule has 0 fully saturated rings. The monoisotopic (exact) mass is 250 g/mol. The van der Waals surface area contributed by atoms with Crippen LogP contribution in [0.1, 0.15) is 24.5 Å². The van der Waals surface area contributed by atoms with Crippen molar-refractivity contribution in [1.29, 1.82) is 0 Å². The normalized spacial score (nSPS) is 12.5. The van der Waals surface area contributed by atoms with E-state index in [2.05, 4.69) is 18.0 Å². The molecule has 19 heavy (non-hydrogen) atoms. The second-order valence-electron chi connectivity index (χ2n) is 4.23. The summed E-state index contributed by atoms with van der Waals surface area (Å²) in [5.74, 6) is 0.546.